The van der Waals surface area contributed by atoms with Crippen molar-refractivity contribution in [3.8, 4) is 0 Å². The third-order valence-electron chi connectivity index (χ3n) is 4.05. The van der Waals surface area contributed by atoms with Gasteiger partial charge in [-0.2, -0.15) is 0 Å². The van der Waals surface area contributed by atoms with Gasteiger partial charge < -0.3 is 10.2 Å². The van der Waals surface area contributed by atoms with Gasteiger partial charge in [-0.05, 0) is 37.9 Å². The summed E-state index contributed by atoms with van der Waals surface area (Å²) in [6.45, 7) is 2.57. The number of piperidine rings is 1. The molecular weight excluding hydrogens is 386 g/mol. The van der Waals surface area contributed by atoms with E-state index in [4.69, 9.17) is 0 Å². The maximum atomic E-state index is 12.4. The number of nitro benzene ring substituents is 1. The molecule has 1 fully saturated rings. The number of nitro groups is 1. The normalized spacial score (nSPS) is 15.1. The van der Waals surface area contributed by atoms with E-state index in [1.807, 2.05) is 11.9 Å². The zero-order chi connectivity index (χ0) is 16.1. The summed E-state index contributed by atoms with van der Waals surface area (Å²) < 4.78 is 0.611. The quantitative estimate of drug-likeness (QED) is 0.602. The summed E-state index contributed by atoms with van der Waals surface area (Å²) in [6.07, 6.45) is 2.32. The number of likely N-dealkylation sites (tertiary alicyclic amines) is 1. The van der Waals surface area contributed by atoms with Crippen LogP contribution in [0.3, 0.4) is 0 Å². The van der Waals surface area contributed by atoms with Crippen LogP contribution in [-0.4, -0.2) is 42.4 Å². The highest BCUT2D eigenvalue weighted by molar-refractivity contribution is 9.10. The van der Waals surface area contributed by atoms with E-state index < -0.39 is 4.92 Å². The van der Waals surface area contributed by atoms with E-state index in [0.717, 1.165) is 38.0 Å². The largest absolute Gasteiger partial charge is 0.342 e. The van der Waals surface area contributed by atoms with E-state index in [1.54, 1.807) is 6.07 Å². The zero-order valence-corrected chi connectivity index (χ0v) is 15.4. The van der Waals surface area contributed by atoms with Crippen molar-refractivity contribution in [2.45, 2.75) is 19.3 Å². The second-order valence-corrected chi connectivity index (χ2v) is 6.45. The van der Waals surface area contributed by atoms with Crippen molar-refractivity contribution in [3.63, 3.8) is 0 Å². The van der Waals surface area contributed by atoms with Gasteiger partial charge in [0.15, 0.2) is 0 Å². The van der Waals surface area contributed by atoms with Gasteiger partial charge in [-0.25, -0.2) is 0 Å². The summed E-state index contributed by atoms with van der Waals surface area (Å²) in [7, 11) is 1.95. The fourth-order valence-electron chi connectivity index (χ4n) is 2.74. The molecule has 1 amide bonds. The maximum Gasteiger partial charge on any atom is 0.270 e. The molecule has 0 aliphatic carbocycles. The van der Waals surface area contributed by atoms with Crippen LogP contribution >= 0.6 is 28.3 Å². The minimum atomic E-state index is -0.442. The molecule has 0 bridgehead atoms. The Kier molecular flexibility index (Phi) is 7.94. The highest BCUT2D eigenvalue weighted by Crippen LogP contribution is 2.24. The van der Waals surface area contributed by atoms with E-state index in [1.165, 1.54) is 12.1 Å². The lowest BCUT2D eigenvalue weighted by molar-refractivity contribution is -0.384. The summed E-state index contributed by atoms with van der Waals surface area (Å²) >= 11 is 3.31. The molecule has 1 heterocycles. The molecule has 1 aliphatic heterocycles. The van der Waals surface area contributed by atoms with Crippen molar-refractivity contribution in [3.05, 3.63) is 38.3 Å². The lowest BCUT2D eigenvalue weighted by Gasteiger charge is -2.32. The zero-order valence-electron chi connectivity index (χ0n) is 13.0. The lowest BCUT2D eigenvalue weighted by atomic mass is 9.96. The third-order valence-corrected chi connectivity index (χ3v) is 4.79. The van der Waals surface area contributed by atoms with Crippen LogP contribution in [-0.2, 0) is 11.2 Å². The van der Waals surface area contributed by atoms with Gasteiger partial charge in [-0.1, -0.05) is 22.0 Å². The first kappa shape index (κ1) is 19.9. The van der Waals surface area contributed by atoms with Gasteiger partial charge >= 0.3 is 0 Å². The number of non-ortho nitro benzene ring substituents is 1. The van der Waals surface area contributed by atoms with Crippen LogP contribution in [0.15, 0.2) is 22.7 Å². The van der Waals surface area contributed by atoms with E-state index in [9.17, 15) is 14.9 Å². The molecule has 1 aromatic rings. The Morgan fingerprint density at radius 1 is 1.43 bits per heavy atom. The van der Waals surface area contributed by atoms with Gasteiger partial charge in [0.1, 0.15) is 0 Å². The number of nitrogens with one attached hydrogen (secondary N) is 1. The summed E-state index contributed by atoms with van der Waals surface area (Å²) in [6, 6.07) is 4.53. The second kappa shape index (κ2) is 9.20. The molecule has 6 nitrogen and oxygen atoms in total. The highest BCUT2D eigenvalue weighted by Gasteiger charge is 2.23. The number of halogens is 2. The van der Waals surface area contributed by atoms with Crippen molar-refractivity contribution < 1.29 is 9.72 Å². The van der Waals surface area contributed by atoms with E-state index >= 15 is 0 Å². The number of carbonyl (C=O) groups is 1. The van der Waals surface area contributed by atoms with Gasteiger partial charge in [-0.15, -0.1) is 12.4 Å². The Labute approximate surface area is 150 Å². The number of hydrogen-bond acceptors (Lipinski definition) is 4. The number of nitrogens with zero attached hydrogens (tertiary/aromatic N) is 2. The predicted octanol–water partition coefficient (Wildman–Crippen LogP) is 2.78. The van der Waals surface area contributed by atoms with Crippen LogP contribution in [0.4, 0.5) is 5.69 Å². The number of hydrogen-bond donors (Lipinski definition) is 1. The second-order valence-electron chi connectivity index (χ2n) is 5.59. The Hall–Kier alpha value is -1.18. The smallest absolute Gasteiger partial charge is 0.270 e. The fourth-order valence-corrected chi connectivity index (χ4v) is 3.25. The highest BCUT2D eigenvalue weighted by atomic mass is 79.9. The molecule has 1 aromatic carbocycles. The third kappa shape index (κ3) is 5.44. The average molecular weight is 407 g/mol. The SMILES string of the molecule is CNCC1CCN(C(=O)Cc2ccc([N+](=O)[O-])cc2Br)CC1.Cl. The molecule has 0 spiro atoms. The number of carbonyl (C=O) groups excluding carboxylic acids is 1. The van der Waals surface area contributed by atoms with Crippen LogP contribution in [0.1, 0.15) is 18.4 Å². The van der Waals surface area contributed by atoms with Gasteiger partial charge in [0.25, 0.3) is 5.69 Å². The van der Waals surface area contributed by atoms with Gasteiger partial charge in [0.2, 0.25) is 5.91 Å². The Morgan fingerprint density at radius 3 is 2.61 bits per heavy atom. The molecule has 0 aromatic heterocycles. The molecule has 1 aliphatic rings. The van der Waals surface area contributed by atoms with Crippen LogP contribution < -0.4 is 5.32 Å². The molecule has 128 valence electrons. The lowest BCUT2D eigenvalue weighted by Crippen LogP contribution is -2.41. The first-order valence-electron chi connectivity index (χ1n) is 7.36. The first-order valence-corrected chi connectivity index (χ1v) is 8.15. The summed E-state index contributed by atoms with van der Waals surface area (Å²) in [5.74, 6) is 0.720. The Bertz CT molecular complexity index is 563. The predicted molar refractivity (Wildman–Crippen MR) is 95.0 cm³/mol. The summed E-state index contributed by atoms with van der Waals surface area (Å²) in [5, 5.41) is 13.9. The monoisotopic (exact) mass is 405 g/mol. The topological polar surface area (TPSA) is 75.5 Å². The molecule has 0 radical (unpaired) electrons. The molecular formula is C15H21BrClN3O3. The minimum absolute atomic E-state index is 0. The molecule has 8 heteroatoms. The van der Waals surface area contributed by atoms with Gasteiger partial charge in [-0.3, -0.25) is 14.9 Å². The molecule has 0 atom stereocenters. The van der Waals surface area contributed by atoms with Crippen LogP contribution in [0, 0.1) is 16.0 Å². The van der Waals surface area contributed by atoms with E-state index in [2.05, 4.69) is 21.2 Å². The standard InChI is InChI=1S/C15H20BrN3O3.ClH/c1-17-10-11-4-6-18(7-5-11)15(20)8-12-2-3-13(19(21)22)9-14(12)16;/h2-3,9,11,17H,4-8,10H2,1H3;1H. The number of rotatable bonds is 5. The number of benzene rings is 1. The van der Waals surface area contributed by atoms with Crippen molar-refractivity contribution in [1.29, 1.82) is 0 Å². The molecule has 23 heavy (non-hydrogen) atoms. The van der Waals surface area contributed by atoms with Crippen molar-refractivity contribution in [2.75, 3.05) is 26.7 Å². The Morgan fingerprint density at radius 2 is 2.09 bits per heavy atom. The molecule has 1 N–H and O–H groups in total. The molecule has 1 saturated heterocycles. The molecule has 0 saturated carbocycles. The number of amides is 1. The van der Waals surface area contributed by atoms with Gasteiger partial charge in [0, 0.05) is 29.7 Å². The van der Waals surface area contributed by atoms with Crippen molar-refractivity contribution in [1.82, 2.24) is 10.2 Å². The first-order chi connectivity index (χ1) is 10.5. The van der Waals surface area contributed by atoms with E-state index in [-0.39, 0.29) is 30.4 Å². The Balaban J connectivity index is 0.00000264. The van der Waals surface area contributed by atoms with Crippen molar-refractivity contribution >= 4 is 39.9 Å². The average Bonchev–Trinajstić information content (AvgIpc) is 2.50. The summed E-state index contributed by atoms with van der Waals surface area (Å²) in [4.78, 5) is 24.5. The fraction of sp³-hybridized carbons (Fsp3) is 0.533. The van der Waals surface area contributed by atoms with Crippen molar-refractivity contribution in [2.24, 2.45) is 5.92 Å². The van der Waals surface area contributed by atoms with Crippen LogP contribution in [0.5, 0.6) is 0 Å². The van der Waals surface area contributed by atoms with Crippen LogP contribution in [0.25, 0.3) is 0 Å². The molecule has 0 unspecified atom stereocenters. The summed E-state index contributed by atoms with van der Waals surface area (Å²) in [5.41, 5.74) is 0.809. The van der Waals surface area contributed by atoms with Crippen LogP contribution in [0.2, 0.25) is 0 Å². The van der Waals surface area contributed by atoms with Gasteiger partial charge in [0.05, 0.1) is 11.3 Å². The molecule has 2 rings (SSSR count). The maximum absolute atomic E-state index is 12.4. The minimum Gasteiger partial charge on any atom is -0.342 e. The van der Waals surface area contributed by atoms with E-state index in [0.29, 0.717) is 10.4 Å².